The zero-order valence-corrected chi connectivity index (χ0v) is 10.6. The van der Waals surface area contributed by atoms with Crippen molar-refractivity contribution in [3.8, 4) is 0 Å². The molecule has 0 bridgehead atoms. The van der Waals surface area contributed by atoms with E-state index in [4.69, 9.17) is 11.6 Å². The highest BCUT2D eigenvalue weighted by Gasteiger charge is 2.14. The summed E-state index contributed by atoms with van der Waals surface area (Å²) in [5.74, 6) is -3.88. The van der Waals surface area contributed by atoms with E-state index >= 15 is 0 Å². The molecule has 1 heterocycles. The number of aromatic amines is 1. The van der Waals surface area contributed by atoms with Gasteiger partial charge >= 0.3 is 0 Å². The first kappa shape index (κ1) is 12.8. The second kappa shape index (κ2) is 4.72. The van der Waals surface area contributed by atoms with Gasteiger partial charge in [-0.25, -0.2) is 18.2 Å². The van der Waals surface area contributed by atoms with Crippen LogP contribution in [0.2, 0.25) is 5.02 Å². The molecule has 7 heteroatoms. The lowest BCUT2D eigenvalue weighted by atomic mass is 10.3. The van der Waals surface area contributed by atoms with Crippen LogP contribution in [0.3, 0.4) is 0 Å². The van der Waals surface area contributed by atoms with Gasteiger partial charge in [-0.1, -0.05) is 11.6 Å². The summed E-state index contributed by atoms with van der Waals surface area (Å²) in [7, 11) is 0. The van der Waals surface area contributed by atoms with Crippen LogP contribution in [-0.2, 0) is 0 Å². The first-order valence-electron chi connectivity index (χ1n) is 5.60. The molecule has 0 aliphatic carbocycles. The molecular weight excluding hydrogens is 291 g/mol. The molecule has 2 N–H and O–H groups in total. The molecule has 0 aliphatic heterocycles. The Balaban J connectivity index is 1.99. The van der Waals surface area contributed by atoms with Crippen molar-refractivity contribution in [1.29, 1.82) is 0 Å². The molecule has 0 amide bonds. The van der Waals surface area contributed by atoms with E-state index < -0.39 is 17.5 Å². The van der Waals surface area contributed by atoms with E-state index in [1.165, 1.54) is 0 Å². The SMILES string of the molecule is Fc1ccc(Nc2nc3ccc(Cl)cc3[nH]2)c(F)c1F. The van der Waals surface area contributed by atoms with E-state index in [0.717, 1.165) is 12.1 Å². The smallest absolute Gasteiger partial charge is 0.205 e. The Kier molecular flexibility index (Phi) is 3.02. The normalized spacial score (nSPS) is 11.0. The summed E-state index contributed by atoms with van der Waals surface area (Å²) < 4.78 is 39.5. The van der Waals surface area contributed by atoms with Gasteiger partial charge < -0.3 is 10.3 Å². The lowest BCUT2D eigenvalue weighted by Crippen LogP contribution is -1.99. The molecule has 0 atom stereocenters. The summed E-state index contributed by atoms with van der Waals surface area (Å²) in [6.07, 6.45) is 0. The highest BCUT2D eigenvalue weighted by Crippen LogP contribution is 2.24. The molecule has 0 spiro atoms. The molecule has 102 valence electrons. The minimum atomic E-state index is -1.53. The monoisotopic (exact) mass is 297 g/mol. The van der Waals surface area contributed by atoms with Crippen LogP contribution < -0.4 is 5.32 Å². The van der Waals surface area contributed by atoms with Crippen molar-refractivity contribution in [2.75, 3.05) is 5.32 Å². The van der Waals surface area contributed by atoms with E-state index in [9.17, 15) is 13.2 Å². The van der Waals surface area contributed by atoms with Gasteiger partial charge in [0.1, 0.15) is 0 Å². The molecule has 0 radical (unpaired) electrons. The summed E-state index contributed by atoms with van der Waals surface area (Å²) in [6, 6.07) is 6.92. The fourth-order valence-corrected chi connectivity index (χ4v) is 1.96. The quantitative estimate of drug-likeness (QED) is 0.689. The Hall–Kier alpha value is -2.21. The maximum Gasteiger partial charge on any atom is 0.205 e. The fourth-order valence-electron chi connectivity index (χ4n) is 1.79. The van der Waals surface area contributed by atoms with Crippen LogP contribution >= 0.6 is 11.6 Å². The Morgan fingerprint density at radius 2 is 1.85 bits per heavy atom. The highest BCUT2D eigenvalue weighted by molar-refractivity contribution is 6.31. The van der Waals surface area contributed by atoms with Crippen LogP contribution in [0.1, 0.15) is 0 Å². The number of H-pyrrole nitrogens is 1. The first-order valence-corrected chi connectivity index (χ1v) is 5.98. The standard InChI is InChI=1S/C13H7ClF3N3/c14-6-1-3-8-10(5-6)20-13(18-8)19-9-4-2-7(15)11(16)12(9)17/h1-5H,(H2,18,19,20). The van der Waals surface area contributed by atoms with Crippen LogP contribution in [-0.4, -0.2) is 9.97 Å². The number of aromatic nitrogens is 2. The highest BCUT2D eigenvalue weighted by atomic mass is 35.5. The minimum Gasteiger partial charge on any atom is -0.324 e. The predicted molar refractivity (Wildman–Crippen MR) is 70.7 cm³/mol. The molecule has 0 fully saturated rings. The molecule has 0 saturated carbocycles. The molecule has 3 aromatic rings. The third-order valence-electron chi connectivity index (χ3n) is 2.73. The number of halogens is 4. The van der Waals surface area contributed by atoms with Gasteiger partial charge in [-0.2, -0.15) is 0 Å². The minimum absolute atomic E-state index is 0.201. The average Bonchev–Trinajstić information content (AvgIpc) is 2.81. The van der Waals surface area contributed by atoms with Gasteiger partial charge in [-0.15, -0.1) is 0 Å². The average molecular weight is 298 g/mol. The van der Waals surface area contributed by atoms with E-state index in [1.807, 2.05) is 0 Å². The summed E-state index contributed by atoms with van der Waals surface area (Å²) in [5.41, 5.74) is 1.04. The Labute approximate surface area is 116 Å². The second-order valence-electron chi connectivity index (χ2n) is 4.09. The van der Waals surface area contributed by atoms with E-state index in [2.05, 4.69) is 15.3 Å². The van der Waals surface area contributed by atoms with Crippen molar-refractivity contribution >= 4 is 34.3 Å². The number of anilines is 2. The largest absolute Gasteiger partial charge is 0.324 e. The third kappa shape index (κ3) is 2.18. The van der Waals surface area contributed by atoms with Crippen LogP contribution in [0.25, 0.3) is 11.0 Å². The number of fused-ring (bicyclic) bond motifs is 1. The van der Waals surface area contributed by atoms with Crippen molar-refractivity contribution < 1.29 is 13.2 Å². The molecule has 1 aromatic heterocycles. The van der Waals surface area contributed by atoms with Gasteiger partial charge in [0, 0.05) is 5.02 Å². The Morgan fingerprint density at radius 1 is 1.05 bits per heavy atom. The summed E-state index contributed by atoms with van der Waals surface area (Å²) in [5, 5.41) is 3.08. The van der Waals surface area contributed by atoms with Gasteiger partial charge in [0.05, 0.1) is 16.7 Å². The predicted octanol–water partition coefficient (Wildman–Crippen LogP) is 4.38. The second-order valence-corrected chi connectivity index (χ2v) is 4.53. The van der Waals surface area contributed by atoms with Crippen LogP contribution in [0.15, 0.2) is 30.3 Å². The maximum atomic E-state index is 13.5. The summed E-state index contributed by atoms with van der Waals surface area (Å²) in [4.78, 5) is 6.99. The molecule has 0 saturated heterocycles. The van der Waals surface area contributed by atoms with Crippen molar-refractivity contribution in [3.05, 3.63) is 52.8 Å². The number of imidazole rings is 1. The molecule has 2 aromatic carbocycles. The molecule has 20 heavy (non-hydrogen) atoms. The van der Waals surface area contributed by atoms with Crippen LogP contribution in [0.5, 0.6) is 0 Å². The lowest BCUT2D eigenvalue weighted by Gasteiger charge is -2.05. The van der Waals surface area contributed by atoms with Gasteiger partial charge in [-0.3, -0.25) is 0 Å². The van der Waals surface area contributed by atoms with Crippen molar-refractivity contribution in [1.82, 2.24) is 9.97 Å². The van der Waals surface area contributed by atoms with E-state index in [-0.39, 0.29) is 11.6 Å². The first-order chi connectivity index (χ1) is 9.54. The zero-order chi connectivity index (χ0) is 14.3. The van der Waals surface area contributed by atoms with Crippen LogP contribution in [0.4, 0.5) is 24.8 Å². The summed E-state index contributed by atoms with van der Waals surface area (Å²) in [6.45, 7) is 0. The van der Waals surface area contributed by atoms with Gasteiger partial charge in [0.2, 0.25) is 5.95 Å². The van der Waals surface area contributed by atoms with Crippen LogP contribution in [0, 0.1) is 17.5 Å². The Morgan fingerprint density at radius 3 is 2.65 bits per heavy atom. The summed E-state index contributed by atoms with van der Waals surface area (Å²) >= 11 is 5.83. The van der Waals surface area contributed by atoms with Crippen molar-refractivity contribution in [2.24, 2.45) is 0 Å². The van der Waals surface area contributed by atoms with Crippen molar-refractivity contribution in [2.45, 2.75) is 0 Å². The van der Waals surface area contributed by atoms with Gasteiger partial charge in [-0.05, 0) is 30.3 Å². The fraction of sp³-hybridized carbons (Fsp3) is 0. The molecular formula is C13H7ClF3N3. The molecule has 3 rings (SSSR count). The molecule has 0 unspecified atom stereocenters. The number of hydrogen-bond acceptors (Lipinski definition) is 2. The van der Waals surface area contributed by atoms with Gasteiger partial charge in [0.25, 0.3) is 0 Å². The number of nitrogens with zero attached hydrogens (tertiary/aromatic N) is 1. The van der Waals surface area contributed by atoms with Gasteiger partial charge in [0.15, 0.2) is 17.5 Å². The number of rotatable bonds is 2. The third-order valence-corrected chi connectivity index (χ3v) is 2.97. The maximum absolute atomic E-state index is 13.5. The number of hydrogen-bond donors (Lipinski definition) is 2. The molecule has 0 aliphatic rings. The number of benzene rings is 2. The Bertz CT molecular complexity index is 801. The lowest BCUT2D eigenvalue weighted by molar-refractivity contribution is 0.449. The molecule has 3 nitrogen and oxygen atoms in total. The number of nitrogens with one attached hydrogen (secondary N) is 2. The van der Waals surface area contributed by atoms with E-state index in [1.54, 1.807) is 18.2 Å². The zero-order valence-electron chi connectivity index (χ0n) is 9.85. The van der Waals surface area contributed by atoms with E-state index in [0.29, 0.717) is 16.1 Å². The topological polar surface area (TPSA) is 40.7 Å². The van der Waals surface area contributed by atoms with Crippen molar-refractivity contribution in [3.63, 3.8) is 0 Å².